The Morgan fingerprint density at radius 3 is 2.55 bits per heavy atom. The van der Waals surface area contributed by atoms with Crippen molar-refractivity contribution in [3.63, 3.8) is 0 Å². The summed E-state index contributed by atoms with van der Waals surface area (Å²) in [5.74, 6) is -1.64. The third-order valence-electron chi connectivity index (χ3n) is 6.27. The van der Waals surface area contributed by atoms with E-state index in [1.807, 2.05) is 32.0 Å². The summed E-state index contributed by atoms with van der Waals surface area (Å²) < 4.78 is 25.8. The van der Waals surface area contributed by atoms with Gasteiger partial charge >= 0.3 is 5.91 Å². The predicted molar refractivity (Wildman–Crippen MR) is 144 cm³/mol. The van der Waals surface area contributed by atoms with Crippen LogP contribution in [0.25, 0.3) is 16.0 Å². The van der Waals surface area contributed by atoms with Crippen molar-refractivity contribution in [2.24, 2.45) is 0 Å². The van der Waals surface area contributed by atoms with E-state index in [1.165, 1.54) is 47.6 Å². The third-order valence-corrected chi connectivity index (χ3v) is 7.28. The number of hydrogen-bond donors (Lipinski definition) is 1. The van der Waals surface area contributed by atoms with Gasteiger partial charge in [0.1, 0.15) is 11.6 Å². The van der Waals surface area contributed by atoms with Crippen LogP contribution in [-0.2, 0) is 9.59 Å². The van der Waals surface area contributed by atoms with Crippen LogP contribution in [0, 0.1) is 12.7 Å². The molecule has 1 fully saturated rings. The number of nitrogens with zero attached hydrogens (tertiary/aromatic N) is 2. The summed E-state index contributed by atoms with van der Waals surface area (Å²) in [5.41, 5.74) is 2.33. The number of methoxy groups -OCH3 is 1. The van der Waals surface area contributed by atoms with Crippen molar-refractivity contribution >= 4 is 44.1 Å². The van der Waals surface area contributed by atoms with Gasteiger partial charge in [0.15, 0.2) is 16.6 Å². The van der Waals surface area contributed by atoms with Crippen LogP contribution in [0.15, 0.2) is 66.2 Å². The lowest BCUT2D eigenvalue weighted by Gasteiger charge is -2.24. The fourth-order valence-corrected chi connectivity index (χ4v) is 5.51. The Hall–Kier alpha value is -4.24. The van der Waals surface area contributed by atoms with E-state index in [-0.39, 0.29) is 11.1 Å². The van der Waals surface area contributed by atoms with Gasteiger partial charge < -0.3 is 14.6 Å². The zero-order valence-corrected chi connectivity index (χ0v) is 21.8. The lowest BCUT2D eigenvalue weighted by Crippen LogP contribution is -2.29. The number of aliphatic hydroxyl groups is 1. The first-order valence-electron chi connectivity index (χ1n) is 12.1. The van der Waals surface area contributed by atoms with Gasteiger partial charge in [-0.3, -0.25) is 14.5 Å². The summed E-state index contributed by atoms with van der Waals surface area (Å²) >= 11 is 1.28. The molecule has 0 aliphatic carbocycles. The Bertz CT molecular complexity index is 1580. The summed E-state index contributed by atoms with van der Waals surface area (Å²) in [6.45, 7) is 4.44. The molecule has 1 saturated heterocycles. The Morgan fingerprint density at radius 1 is 1.08 bits per heavy atom. The predicted octanol–water partition coefficient (Wildman–Crippen LogP) is 6.17. The molecule has 9 heteroatoms. The zero-order chi connectivity index (χ0) is 27.0. The maximum absolute atomic E-state index is 13.6. The molecule has 38 heavy (non-hydrogen) atoms. The second-order valence-electron chi connectivity index (χ2n) is 8.90. The molecule has 1 aliphatic rings. The van der Waals surface area contributed by atoms with Gasteiger partial charge in [-0.25, -0.2) is 9.37 Å². The number of carbonyl (C=O) groups excluding carboxylic acids is 2. The molecule has 1 atom stereocenters. The molecule has 0 bridgehead atoms. The first kappa shape index (κ1) is 25.4. The number of benzene rings is 3. The van der Waals surface area contributed by atoms with Crippen molar-refractivity contribution in [3.8, 4) is 11.5 Å². The number of aromatic nitrogens is 1. The van der Waals surface area contributed by atoms with Gasteiger partial charge in [0.05, 0.1) is 35.5 Å². The Balaban J connectivity index is 1.71. The molecule has 1 amide bonds. The molecule has 1 aromatic heterocycles. The first-order valence-corrected chi connectivity index (χ1v) is 12.9. The maximum Gasteiger partial charge on any atom is 0.301 e. The fourth-order valence-electron chi connectivity index (χ4n) is 4.42. The number of rotatable bonds is 7. The van der Waals surface area contributed by atoms with Crippen molar-refractivity contribution in [3.05, 3.63) is 88.7 Å². The minimum atomic E-state index is -1.00. The molecule has 4 aromatic rings. The number of aliphatic hydroxyl groups excluding tert-OH is 1. The Labute approximate surface area is 222 Å². The number of anilines is 1. The smallest absolute Gasteiger partial charge is 0.301 e. The Morgan fingerprint density at radius 2 is 1.84 bits per heavy atom. The van der Waals surface area contributed by atoms with E-state index in [0.29, 0.717) is 34.3 Å². The number of Topliss-reactive ketones (excluding diaryl/α,β-unsaturated/α-hetero) is 1. The molecule has 0 saturated carbocycles. The molecule has 0 spiro atoms. The molecule has 1 N–H and O–H groups in total. The average molecular weight is 533 g/mol. The van der Waals surface area contributed by atoms with Gasteiger partial charge in [0.2, 0.25) is 0 Å². The van der Waals surface area contributed by atoms with Crippen LogP contribution in [0.1, 0.15) is 36.1 Å². The minimum Gasteiger partial charge on any atom is -0.507 e. The summed E-state index contributed by atoms with van der Waals surface area (Å²) in [6.07, 6.45) is 0.805. The first-order chi connectivity index (χ1) is 18.3. The van der Waals surface area contributed by atoms with E-state index in [1.54, 1.807) is 18.2 Å². The standard InChI is InChI=1S/C29H25FN2O5S/c1-4-13-37-21-12-8-18(15-22(21)36-3)25-24(26(33)17-6-9-19(30)10-7-17)27(34)28(35)32(25)29-31-20-11-5-16(2)14-23(20)38-29/h5-12,14-15,25,33H,4,13H2,1-3H3/t25-/m1/s1. The molecular formula is C29H25FN2O5S. The van der Waals surface area contributed by atoms with Gasteiger partial charge in [-0.1, -0.05) is 30.4 Å². The number of carbonyl (C=O) groups is 2. The number of ether oxygens (including phenoxy) is 2. The minimum absolute atomic E-state index is 0.124. The SMILES string of the molecule is CCCOc1ccc([C@@H]2C(=C(O)c3ccc(F)cc3)C(=O)C(=O)N2c2nc3ccc(C)cc3s2)cc1OC. The Kier molecular flexibility index (Phi) is 6.86. The molecule has 2 heterocycles. The largest absolute Gasteiger partial charge is 0.507 e. The number of aryl methyl sites for hydroxylation is 1. The van der Waals surface area contributed by atoms with Gasteiger partial charge in [0.25, 0.3) is 5.78 Å². The van der Waals surface area contributed by atoms with E-state index in [9.17, 15) is 19.1 Å². The molecule has 5 rings (SSSR count). The van der Waals surface area contributed by atoms with Crippen molar-refractivity contribution < 1.29 is 28.6 Å². The van der Waals surface area contributed by atoms with Gasteiger partial charge in [0, 0.05) is 5.56 Å². The number of ketones is 1. The second kappa shape index (κ2) is 10.3. The lowest BCUT2D eigenvalue weighted by atomic mass is 9.95. The van der Waals surface area contributed by atoms with E-state index >= 15 is 0 Å². The van der Waals surface area contributed by atoms with E-state index < -0.39 is 29.3 Å². The summed E-state index contributed by atoms with van der Waals surface area (Å²) in [5, 5.41) is 11.6. The molecule has 0 unspecified atom stereocenters. The van der Waals surface area contributed by atoms with Crippen LogP contribution >= 0.6 is 11.3 Å². The number of halogens is 1. The highest BCUT2D eigenvalue weighted by molar-refractivity contribution is 7.22. The number of hydrogen-bond acceptors (Lipinski definition) is 7. The third kappa shape index (κ3) is 4.50. The number of fused-ring (bicyclic) bond motifs is 1. The zero-order valence-electron chi connectivity index (χ0n) is 21.0. The highest BCUT2D eigenvalue weighted by Gasteiger charge is 2.48. The highest BCUT2D eigenvalue weighted by Crippen LogP contribution is 2.46. The molecule has 7 nitrogen and oxygen atoms in total. The number of amides is 1. The van der Waals surface area contributed by atoms with Crippen LogP contribution in [0.5, 0.6) is 11.5 Å². The molecular weight excluding hydrogens is 507 g/mol. The van der Waals surface area contributed by atoms with Gasteiger partial charge in [-0.2, -0.15) is 0 Å². The van der Waals surface area contributed by atoms with Crippen LogP contribution in [0.2, 0.25) is 0 Å². The van der Waals surface area contributed by atoms with Crippen molar-refractivity contribution in [2.45, 2.75) is 26.3 Å². The number of thiazole rings is 1. The summed E-state index contributed by atoms with van der Waals surface area (Å²) in [7, 11) is 1.50. The maximum atomic E-state index is 13.6. The van der Waals surface area contributed by atoms with Gasteiger partial charge in [-0.05, 0) is 73.0 Å². The molecule has 1 aliphatic heterocycles. The van der Waals surface area contributed by atoms with E-state index in [2.05, 4.69) is 4.98 Å². The average Bonchev–Trinajstić information content (AvgIpc) is 3.44. The van der Waals surface area contributed by atoms with E-state index in [0.717, 1.165) is 16.7 Å². The topological polar surface area (TPSA) is 89.0 Å². The van der Waals surface area contributed by atoms with Crippen LogP contribution in [0.3, 0.4) is 0 Å². The van der Waals surface area contributed by atoms with Crippen LogP contribution < -0.4 is 14.4 Å². The van der Waals surface area contributed by atoms with E-state index in [4.69, 9.17) is 9.47 Å². The fraction of sp³-hybridized carbons (Fsp3) is 0.207. The van der Waals surface area contributed by atoms with Crippen molar-refractivity contribution in [2.75, 3.05) is 18.6 Å². The summed E-state index contributed by atoms with van der Waals surface area (Å²) in [6, 6.07) is 14.9. The van der Waals surface area contributed by atoms with Gasteiger partial charge in [-0.15, -0.1) is 0 Å². The molecule has 0 radical (unpaired) electrons. The lowest BCUT2D eigenvalue weighted by molar-refractivity contribution is -0.132. The molecule has 194 valence electrons. The van der Waals surface area contributed by atoms with Crippen LogP contribution in [0.4, 0.5) is 9.52 Å². The monoisotopic (exact) mass is 532 g/mol. The highest BCUT2D eigenvalue weighted by atomic mass is 32.1. The van der Waals surface area contributed by atoms with Crippen LogP contribution in [-0.4, -0.2) is 35.5 Å². The normalized spacial score (nSPS) is 16.8. The second-order valence-corrected chi connectivity index (χ2v) is 9.91. The quantitative estimate of drug-likeness (QED) is 0.174. The van der Waals surface area contributed by atoms with Crippen molar-refractivity contribution in [1.29, 1.82) is 0 Å². The molecule has 3 aromatic carbocycles. The van der Waals surface area contributed by atoms with Crippen molar-refractivity contribution in [1.82, 2.24) is 4.98 Å². The summed E-state index contributed by atoms with van der Waals surface area (Å²) in [4.78, 5) is 32.8.